The summed E-state index contributed by atoms with van der Waals surface area (Å²) in [5.41, 5.74) is 16.8. The van der Waals surface area contributed by atoms with Gasteiger partial charge in [-0.15, -0.1) is 0 Å². The van der Waals surface area contributed by atoms with Crippen LogP contribution in [0.1, 0.15) is 0 Å². The minimum Gasteiger partial charge on any atom is -0.455 e. The fourth-order valence-corrected chi connectivity index (χ4v) is 16.8. The maximum atomic E-state index is 6.63. The van der Waals surface area contributed by atoms with Gasteiger partial charge in [-0.05, 0) is 84.0 Å². The van der Waals surface area contributed by atoms with Gasteiger partial charge in [0.25, 0.3) is 0 Å². The van der Waals surface area contributed by atoms with Crippen molar-refractivity contribution in [1.82, 2.24) is 4.57 Å². The van der Waals surface area contributed by atoms with Crippen molar-refractivity contribution in [3.63, 3.8) is 0 Å². The van der Waals surface area contributed by atoms with Crippen molar-refractivity contribution in [2.45, 2.75) is 0 Å². The maximum absolute atomic E-state index is 6.63. The molecule has 3 heteroatoms. The number of para-hydroxylation sites is 3. The highest BCUT2D eigenvalue weighted by atomic mass is 28.3. The molecule has 0 atom stereocenters. The molecule has 0 aliphatic rings. The zero-order valence-corrected chi connectivity index (χ0v) is 42.1. The predicted molar refractivity (Wildman–Crippen MR) is 319 cm³/mol. The van der Waals surface area contributed by atoms with Gasteiger partial charge in [0.2, 0.25) is 0 Å². The minimum absolute atomic E-state index is 0.898. The molecule has 0 aliphatic carbocycles. The Balaban J connectivity index is 1.10. The number of hydrogen-bond acceptors (Lipinski definition) is 1. The first kappa shape index (κ1) is 44.2. The van der Waals surface area contributed by atoms with E-state index in [0.29, 0.717) is 0 Å². The Hall–Kier alpha value is -9.54. The molecule has 0 saturated heterocycles. The quantitative estimate of drug-likeness (QED) is 0.0986. The Morgan fingerprint density at radius 3 is 1.31 bits per heavy atom. The van der Waals surface area contributed by atoms with Gasteiger partial charge in [-0.3, -0.25) is 0 Å². The Morgan fingerprint density at radius 2 is 0.707 bits per heavy atom. The van der Waals surface area contributed by atoms with Crippen molar-refractivity contribution in [2.75, 3.05) is 0 Å². The van der Waals surface area contributed by atoms with Gasteiger partial charge in [0, 0.05) is 38.2 Å². The van der Waals surface area contributed by atoms with Crippen LogP contribution in [0.25, 0.3) is 105 Å². The van der Waals surface area contributed by atoms with Gasteiger partial charge in [0.15, 0.2) is 8.07 Å². The van der Waals surface area contributed by atoms with Crippen molar-refractivity contribution < 1.29 is 4.42 Å². The first-order valence-electron chi connectivity index (χ1n) is 25.8. The molecule has 0 aliphatic heterocycles. The molecule has 0 bridgehead atoms. The van der Waals surface area contributed by atoms with Crippen molar-refractivity contribution in [1.29, 1.82) is 0 Å². The van der Waals surface area contributed by atoms with E-state index in [9.17, 15) is 0 Å². The second-order valence-electron chi connectivity index (χ2n) is 19.5. The van der Waals surface area contributed by atoms with Crippen molar-refractivity contribution >= 4 is 72.6 Å². The van der Waals surface area contributed by atoms with E-state index in [1.165, 1.54) is 53.8 Å². The zero-order chi connectivity index (χ0) is 49.7. The molecule has 0 radical (unpaired) electrons. The van der Waals surface area contributed by atoms with Crippen LogP contribution in [0.5, 0.6) is 0 Å². The van der Waals surface area contributed by atoms with Crippen LogP contribution in [-0.2, 0) is 0 Å². The highest BCUT2D eigenvalue weighted by Crippen LogP contribution is 2.44. The van der Waals surface area contributed by atoms with Crippen molar-refractivity contribution in [3.05, 3.63) is 297 Å². The summed E-state index contributed by atoms with van der Waals surface area (Å²) in [5, 5.41) is 9.87. The Bertz CT molecular complexity index is 4240. The summed E-state index contributed by atoms with van der Waals surface area (Å²) >= 11 is 0. The topological polar surface area (TPSA) is 18.1 Å². The summed E-state index contributed by atoms with van der Waals surface area (Å²) in [6, 6.07) is 110. The first-order valence-corrected chi connectivity index (χ1v) is 27.8. The van der Waals surface area contributed by atoms with Gasteiger partial charge in [-0.2, -0.15) is 0 Å². The van der Waals surface area contributed by atoms with Crippen LogP contribution in [0.15, 0.2) is 302 Å². The fourth-order valence-electron chi connectivity index (χ4n) is 11.9. The minimum atomic E-state index is -3.27. The van der Waals surface area contributed by atoms with E-state index in [4.69, 9.17) is 4.42 Å². The Labute approximate surface area is 437 Å². The SMILES string of the molecule is c1ccc(-c2cccc([Si](c3ccccc3)(c3cccc(-c4ccccc4)c3)c3cc(-c4ccccc4)c(-n4c5ccccc5c5cc(-c6cccc7c6oc6ccccc67)ccc54)c(-c4ccccc4)c3)c2)cc1. The number of furan rings is 1. The molecule has 0 unspecified atom stereocenters. The summed E-state index contributed by atoms with van der Waals surface area (Å²) in [7, 11) is -3.27. The second kappa shape index (κ2) is 18.5. The highest BCUT2D eigenvalue weighted by Gasteiger charge is 2.43. The van der Waals surface area contributed by atoms with Crippen molar-refractivity contribution in [3.8, 4) is 61.3 Å². The monoisotopic (exact) mass is 971 g/mol. The number of nitrogens with zero attached hydrogens (tertiary/aromatic N) is 1. The standard InChI is InChI=1S/C72H49NOSi/c1-6-23-50(24-7-1)54-31-20-35-58(45-54)75(57-33-14-5-15-34-57,59-36-21-32-55(46-59)51-25-8-2-9-26-51)60-48-65(52-27-10-3-11-28-52)71(66(49-60)53-29-12-4-13-30-53)73-68-41-18-16-37-62(68)67-47-56(43-44-69(67)73)61-39-22-40-64-63-38-17-19-42-70(63)74-72(61)64/h1-49H. The number of hydrogen-bond donors (Lipinski definition) is 0. The van der Waals surface area contributed by atoms with E-state index >= 15 is 0 Å². The molecule has 14 rings (SSSR count). The Kier molecular flexibility index (Phi) is 10.9. The summed E-state index contributed by atoms with van der Waals surface area (Å²) in [4.78, 5) is 0. The molecule has 2 nitrogen and oxygen atoms in total. The summed E-state index contributed by atoms with van der Waals surface area (Å²) < 4.78 is 9.18. The molecular weight excluding hydrogens is 923 g/mol. The Morgan fingerprint density at radius 1 is 0.253 bits per heavy atom. The van der Waals surface area contributed by atoms with Gasteiger partial charge in [-0.1, -0.05) is 273 Å². The molecule has 0 amide bonds. The molecule has 14 aromatic rings. The van der Waals surface area contributed by atoms with Gasteiger partial charge < -0.3 is 8.98 Å². The van der Waals surface area contributed by atoms with E-state index in [1.54, 1.807) is 0 Å². The molecule has 75 heavy (non-hydrogen) atoms. The van der Waals surface area contributed by atoms with Gasteiger partial charge in [0.05, 0.1) is 16.7 Å². The molecule has 0 N–H and O–H groups in total. The smallest absolute Gasteiger partial charge is 0.179 e. The van der Waals surface area contributed by atoms with E-state index in [1.807, 2.05) is 6.07 Å². The van der Waals surface area contributed by atoms with E-state index in [-0.39, 0.29) is 0 Å². The molecule has 0 saturated carbocycles. The van der Waals surface area contributed by atoms with Crippen LogP contribution in [0.2, 0.25) is 0 Å². The predicted octanol–water partition coefficient (Wildman–Crippen LogP) is 16.4. The lowest BCUT2D eigenvalue weighted by Gasteiger charge is -2.36. The van der Waals surface area contributed by atoms with Crippen LogP contribution in [0.4, 0.5) is 0 Å². The van der Waals surface area contributed by atoms with E-state index < -0.39 is 8.07 Å². The average molecular weight is 972 g/mol. The molecule has 12 aromatic carbocycles. The first-order chi connectivity index (χ1) is 37.2. The van der Waals surface area contributed by atoms with Crippen LogP contribution in [-0.4, -0.2) is 12.6 Å². The molecule has 0 fully saturated rings. The lowest BCUT2D eigenvalue weighted by molar-refractivity contribution is 0.670. The molecule has 352 valence electrons. The number of benzene rings is 12. The van der Waals surface area contributed by atoms with Crippen molar-refractivity contribution in [2.24, 2.45) is 0 Å². The maximum Gasteiger partial charge on any atom is 0.179 e. The summed E-state index contributed by atoms with van der Waals surface area (Å²) in [6.45, 7) is 0. The van der Waals surface area contributed by atoms with Crippen LogP contribution in [0, 0.1) is 0 Å². The van der Waals surface area contributed by atoms with Gasteiger partial charge >= 0.3 is 0 Å². The van der Waals surface area contributed by atoms with Gasteiger partial charge in [0.1, 0.15) is 11.2 Å². The third kappa shape index (κ3) is 7.47. The van der Waals surface area contributed by atoms with E-state index in [0.717, 1.165) is 72.0 Å². The van der Waals surface area contributed by atoms with Crippen LogP contribution < -0.4 is 20.7 Å². The summed E-state index contributed by atoms with van der Waals surface area (Å²) in [5.74, 6) is 0. The molecular formula is C72H49NOSi. The normalized spacial score (nSPS) is 11.7. The van der Waals surface area contributed by atoms with Gasteiger partial charge in [-0.25, -0.2) is 0 Å². The largest absolute Gasteiger partial charge is 0.455 e. The van der Waals surface area contributed by atoms with Crippen LogP contribution >= 0.6 is 0 Å². The molecule has 0 spiro atoms. The number of aromatic nitrogens is 1. The third-order valence-electron chi connectivity index (χ3n) is 15.3. The lowest BCUT2D eigenvalue weighted by atomic mass is 9.95. The van der Waals surface area contributed by atoms with Crippen LogP contribution in [0.3, 0.4) is 0 Å². The molecule has 2 aromatic heterocycles. The fraction of sp³-hybridized carbons (Fsp3) is 0. The second-order valence-corrected chi connectivity index (χ2v) is 23.3. The average Bonchev–Trinajstić information content (AvgIpc) is 4.05. The highest BCUT2D eigenvalue weighted by molar-refractivity contribution is 7.20. The number of rotatable bonds is 10. The van der Waals surface area contributed by atoms with E-state index in [2.05, 4.69) is 296 Å². The zero-order valence-electron chi connectivity index (χ0n) is 41.1. The summed E-state index contributed by atoms with van der Waals surface area (Å²) in [6.07, 6.45) is 0. The molecule has 2 heterocycles. The third-order valence-corrected chi connectivity index (χ3v) is 20.0. The number of fused-ring (bicyclic) bond motifs is 6. The lowest BCUT2D eigenvalue weighted by Crippen LogP contribution is -2.74.